The van der Waals surface area contributed by atoms with E-state index in [9.17, 15) is 0 Å². The predicted molar refractivity (Wildman–Crippen MR) is 93.0 cm³/mol. The molecule has 3 rings (SSSR count). The van der Waals surface area contributed by atoms with Gasteiger partial charge in [-0.25, -0.2) is 9.97 Å². The highest BCUT2D eigenvalue weighted by molar-refractivity contribution is 7.98. The maximum atomic E-state index is 4.49. The molecule has 0 saturated carbocycles. The van der Waals surface area contributed by atoms with Gasteiger partial charge in [0.05, 0.1) is 5.52 Å². The van der Waals surface area contributed by atoms with Gasteiger partial charge in [0.15, 0.2) is 0 Å². The Hall–Kier alpha value is -2.14. The molecule has 0 spiro atoms. The van der Waals surface area contributed by atoms with E-state index in [1.165, 1.54) is 10.9 Å². The number of fused-ring (bicyclic) bond motifs is 1. The van der Waals surface area contributed by atoms with Crippen LogP contribution in [0.2, 0.25) is 0 Å². The minimum Gasteiger partial charge on any atom is -0.354 e. The van der Waals surface area contributed by atoms with Crippen LogP contribution in [0.15, 0.2) is 55.0 Å². The molecule has 5 heteroatoms. The molecule has 0 aliphatic rings. The lowest BCUT2D eigenvalue weighted by molar-refractivity contribution is 0.961. The molecule has 0 fully saturated rings. The molecule has 0 radical (unpaired) electrons. The standard InChI is InChI=1S/C17H18N4S/c1-5-14-7-2-8-18-16(14)15(6-1)13-22-12-4-11-21-17-19-9-3-10-20-17/h1-3,5-10H,4,11-13H2,(H,19,20,21). The monoisotopic (exact) mass is 310 g/mol. The Bertz CT molecular complexity index is 713. The molecule has 0 aliphatic heterocycles. The van der Waals surface area contributed by atoms with E-state index in [1.807, 2.05) is 30.1 Å². The number of pyridine rings is 1. The van der Waals surface area contributed by atoms with Gasteiger partial charge in [0.25, 0.3) is 0 Å². The summed E-state index contributed by atoms with van der Waals surface area (Å²) < 4.78 is 0. The zero-order valence-corrected chi connectivity index (χ0v) is 13.1. The van der Waals surface area contributed by atoms with Crippen molar-refractivity contribution < 1.29 is 0 Å². The number of nitrogens with zero attached hydrogens (tertiary/aromatic N) is 3. The Morgan fingerprint density at radius 1 is 0.909 bits per heavy atom. The van der Waals surface area contributed by atoms with Gasteiger partial charge in [-0.2, -0.15) is 11.8 Å². The van der Waals surface area contributed by atoms with Crippen LogP contribution in [-0.2, 0) is 5.75 Å². The number of thioether (sulfide) groups is 1. The van der Waals surface area contributed by atoms with Crippen molar-refractivity contribution in [1.29, 1.82) is 0 Å². The first-order chi connectivity index (χ1) is 10.9. The van der Waals surface area contributed by atoms with Crippen LogP contribution in [0.3, 0.4) is 0 Å². The van der Waals surface area contributed by atoms with Crippen LogP contribution in [0.25, 0.3) is 10.9 Å². The van der Waals surface area contributed by atoms with Crippen LogP contribution in [0.4, 0.5) is 5.95 Å². The second kappa shape index (κ2) is 7.75. The number of rotatable bonds is 7. The van der Waals surface area contributed by atoms with Crippen molar-refractivity contribution in [3.8, 4) is 0 Å². The molecule has 0 bridgehead atoms. The highest BCUT2D eigenvalue weighted by Crippen LogP contribution is 2.21. The van der Waals surface area contributed by atoms with Gasteiger partial charge in [-0.1, -0.05) is 24.3 Å². The van der Waals surface area contributed by atoms with Gasteiger partial charge < -0.3 is 5.32 Å². The number of para-hydroxylation sites is 1. The lowest BCUT2D eigenvalue weighted by Crippen LogP contribution is -2.05. The highest BCUT2D eigenvalue weighted by atomic mass is 32.2. The predicted octanol–water partition coefficient (Wildman–Crippen LogP) is 3.76. The van der Waals surface area contributed by atoms with E-state index in [2.05, 4.69) is 44.5 Å². The zero-order chi connectivity index (χ0) is 15.0. The topological polar surface area (TPSA) is 50.7 Å². The molecule has 0 aliphatic carbocycles. The summed E-state index contributed by atoms with van der Waals surface area (Å²) in [5.41, 5.74) is 2.43. The molecule has 0 saturated heterocycles. The molecular weight excluding hydrogens is 292 g/mol. The number of benzene rings is 1. The molecule has 0 atom stereocenters. The average Bonchev–Trinajstić information content (AvgIpc) is 2.59. The average molecular weight is 310 g/mol. The number of aromatic nitrogens is 3. The summed E-state index contributed by atoms with van der Waals surface area (Å²) in [6, 6.07) is 12.3. The highest BCUT2D eigenvalue weighted by Gasteiger charge is 2.01. The summed E-state index contributed by atoms with van der Waals surface area (Å²) in [5.74, 6) is 2.80. The number of anilines is 1. The summed E-state index contributed by atoms with van der Waals surface area (Å²) >= 11 is 1.94. The maximum Gasteiger partial charge on any atom is 0.222 e. The molecule has 2 heterocycles. The lowest BCUT2D eigenvalue weighted by Gasteiger charge is -2.06. The van der Waals surface area contributed by atoms with Crippen LogP contribution < -0.4 is 5.32 Å². The summed E-state index contributed by atoms with van der Waals surface area (Å²) in [4.78, 5) is 12.8. The van der Waals surface area contributed by atoms with Crippen molar-refractivity contribution >= 4 is 28.6 Å². The Kier molecular flexibility index (Phi) is 5.21. The molecule has 0 amide bonds. The fourth-order valence-electron chi connectivity index (χ4n) is 2.23. The van der Waals surface area contributed by atoms with E-state index in [0.717, 1.165) is 30.0 Å². The molecule has 22 heavy (non-hydrogen) atoms. The first kappa shape index (κ1) is 14.8. The van der Waals surface area contributed by atoms with Gasteiger partial charge in [0.2, 0.25) is 5.95 Å². The maximum absolute atomic E-state index is 4.49. The second-order valence-electron chi connectivity index (χ2n) is 4.90. The minimum absolute atomic E-state index is 0.700. The van der Waals surface area contributed by atoms with Crippen molar-refractivity contribution in [3.05, 3.63) is 60.6 Å². The van der Waals surface area contributed by atoms with Crippen LogP contribution in [-0.4, -0.2) is 27.2 Å². The smallest absolute Gasteiger partial charge is 0.222 e. The molecule has 4 nitrogen and oxygen atoms in total. The van der Waals surface area contributed by atoms with Crippen molar-refractivity contribution in [1.82, 2.24) is 15.0 Å². The normalized spacial score (nSPS) is 10.7. The van der Waals surface area contributed by atoms with E-state index >= 15 is 0 Å². The second-order valence-corrected chi connectivity index (χ2v) is 6.00. The summed E-state index contributed by atoms with van der Waals surface area (Å²) in [5, 5.41) is 4.44. The number of hydrogen-bond donors (Lipinski definition) is 1. The molecule has 1 aromatic carbocycles. The van der Waals surface area contributed by atoms with E-state index in [4.69, 9.17) is 0 Å². The third kappa shape index (κ3) is 3.95. The first-order valence-corrected chi connectivity index (χ1v) is 8.50. The zero-order valence-electron chi connectivity index (χ0n) is 12.3. The van der Waals surface area contributed by atoms with Gasteiger partial charge in [0, 0.05) is 36.3 Å². The van der Waals surface area contributed by atoms with Gasteiger partial charge >= 0.3 is 0 Å². The largest absolute Gasteiger partial charge is 0.354 e. The van der Waals surface area contributed by atoms with Crippen LogP contribution in [0.1, 0.15) is 12.0 Å². The number of hydrogen-bond acceptors (Lipinski definition) is 5. The first-order valence-electron chi connectivity index (χ1n) is 7.35. The van der Waals surface area contributed by atoms with Crippen molar-refractivity contribution in [2.45, 2.75) is 12.2 Å². The third-order valence-electron chi connectivity index (χ3n) is 3.29. The van der Waals surface area contributed by atoms with Gasteiger partial charge in [0.1, 0.15) is 0 Å². The molecule has 1 N–H and O–H groups in total. The van der Waals surface area contributed by atoms with Crippen LogP contribution in [0, 0.1) is 0 Å². The van der Waals surface area contributed by atoms with E-state index < -0.39 is 0 Å². The van der Waals surface area contributed by atoms with Crippen LogP contribution in [0.5, 0.6) is 0 Å². The van der Waals surface area contributed by atoms with Crippen LogP contribution >= 0.6 is 11.8 Å². The van der Waals surface area contributed by atoms with Gasteiger partial charge in [-0.3, -0.25) is 4.98 Å². The molecule has 112 valence electrons. The Morgan fingerprint density at radius 2 is 1.73 bits per heavy atom. The van der Waals surface area contributed by atoms with Gasteiger partial charge in [-0.05, 0) is 29.9 Å². The fraction of sp³-hybridized carbons (Fsp3) is 0.235. The summed E-state index contributed by atoms with van der Waals surface area (Å²) in [6.45, 7) is 0.894. The molecular formula is C17H18N4S. The Morgan fingerprint density at radius 3 is 2.64 bits per heavy atom. The molecule has 0 unspecified atom stereocenters. The van der Waals surface area contributed by atoms with Crippen molar-refractivity contribution in [2.24, 2.45) is 0 Å². The number of nitrogens with one attached hydrogen (secondary N) is 1. The Balaban J connectivity index is 1.43. The lowest BCUT2D eigenvalue weighted by atomic mass is 10.1. The van der Waals surface area contributed by atoms with Crippen molar-refractivity contribution in [2.75, 3.05) is 17.6 Å². The van der Waals surface area contributed by atoms with E-state index in [1.54, 1.807) is 12.4 Å². The summed E-state index contributed by atoms with van der Waals surface area (Å²) in [6.07, 6.45) is 6.44. The molecule has 2 aromatic heterocycles. The molecule has 3 aromatic rings. The van der Waals surface area contributed by atoms with E-state index in [0.29, 0.717) is 5.95 Å². The minimum atomic E-state index is 0.700. The van der Waals surface area contributed by atoms with E-state index in [-0.39, 0.29) is 0 Å². The third-order valence-corrected chi connectivity index (χ3v) is 4.38. The summed E-state index contributed by atoms with van der Waals surface area (Å²) in [7, 11) is 0. The quantitative estimate of drug-likeness (QED) is 0.673. The van der Waals surface area contributed by atoms with Gasteiger partial charge in [-0.15, -0.1) is 0 Å². The fourth-order valence-corrected chi connectivity index (χ4v) is 3.18. The van der Waals surface area contributed by atoms with Crippen molar-refractivity contribution in [3.63, 3.8) is 0 Å². The Labute approximate surface area is 134 Å². The SMILES string of the molecule is c1cnc(NCCCSCc2cccc3cccnc23)nc1.